The molecule has 3 aromatic heterocycles. The van der Waals surface area contributed by atoms with Gasteiger partial charge in [-0.1, -0.05) is 19.0 Å². The number of hydrogen-bond donors (Lipinski definition) is 0. The topological polar surface area (TPSA) is 124 Å². The van der Waals surface area contributed by atoms with Crippen molar-refractivity contribution in [3.8, 4) is 16.6 Å². The summed E-state index contributed by atoms with van der Waals surface area (Å²) in [5, 5.41) is 4.70. The highest BCUT2D eigenvalue weighted by Crippen LogP contribution is 2.29. The third kappa shape index (κ3) is 5.07. The van der Waals surface area contributed by atoms with Crippen molar-refractivity contribution in [3.63, 3.8) is 0 Å². The Morgan fingerprint density at radius 2 is 1.94 bits per heavy atom. The molecule has 0 saturated carbocycles. The fourth-order valence-electron chi connectivity index (χ4n) is 3.51. The Labute approximate surface area is 191 Å². The van der Waals surface area contributed by atoms with Crippen LogP contribution in [0, 0.1) is 5.92 Å². The first-order chi connectivity index (χ1) is 15.2. The minimum Gasteiger partial charge on any atom is -0.460 e. The van der Waals surface area contributed by atoms with E-state index in [0.717, 1.165) is 38.0 Å². The van der Waals surface area contributed by atoms with Crippen molar-refractivity contribution in [1.29, 1.82) is 0 Å². The maximum atomic E-state index is 11.6. The van der Waals surface area contributed by atoms with Gasteiger partial charge in [-0.3, -0.25) is 0 Å². The van der Waals surface area contributed by atoms with Crippen molar-refractivity contribution in [1.82, 2.24) is 24.5 Å². The molecule has 0 bridgehead atoms. The van der Waals surface area contributed by atoms with E-state index in [9.17, 15) is 8.42 Å². The zero-order chi connectivity index (χ0) is 22.9. The average Bonchev–Trinajstić information content (AvgIpc) is 3.43. The van der Waals surface area contributed by atoms with Crippen molar-refractivity contribution in [2.24, 2.45) is 5.92 Å². The molecule has 172 valence electrons. The fraction of sp³-hybridized carbons (Fsp3) is 0.550. The molecule has 1 unspecified atom stereocenters. The van der Waals surface area contributed by atoms with Crippen molar-refractivity contribution in [2.75, 3.05) is 24.2 Å². The minimum atomic E-state index is -3.33. The van der Waals surface area contributed by atoms with Gasteiger partial charge in [0.2, 0.25) is 0 Å². The number of nitrogens with zero attached hydrogens (tertiary/aromatic N) is 6. The molecule has 4 rings (SSSR count). The first-order valence-electron chi connectivity index (χ1n) is 10.5. The highest BCUT2D eigenvalue weighted by molar-refractivity contribution is 7.90. The van der Waals surface area contributed by atoms with E-state index < -0.39 is 9.84 Å². The number of anilines is 1. The van der Waals surface area contributed by atoms with Crippen LogP contribution in [0.1, 0.15) is 45.4 Å². The molecule has 1 saturated heterocycles. The van der Waals surface area contributed by atoms with E-state index in [-0.39, 0.29) is 17.0 Å². The molecule has 12 heteroatoms. The molecule has 3 aromatic rings. The Bertz CT molecular complexity index is 1150. The molecule has 1 atom stereocenters. The zero-order valence-corrected chi connectivity index (χ0v) is 20.1. The number of aromatic nitrogens is 5. The predicted molar refractivity (Wildman–Crippen MR) is 120 cm³/mol. The molecule has 0 amide bonds. The van der Waals surface area contributed by atoms with Crippen LogP contribution in [0.4, 0.5) is 6.01 Å². The summed E-state index contributed by atoms with van der Waals surface area (Å²) in [4.78, 5) is 15.0. The van der Waals surface area contributed by atoms with Gasteiger partial charge in [-0.15, -0.1) is 4.37 Å². The molecular weight excluding hydrogens is 452 g/mol. The Morgan fingerprint density at radius 3 is 2.53 bits per heavy atom. The molecule has 0 spiro atoms. The lowest BCUT2D eigenvalue weighted by Gasteiger charge is -2.33. The number of rotatable bonds is 7. The monoisotopic (exact) mass is 478 g/mol. The normalized spacial score (nSPS) is 16.5. The fourth-order valence-corrected chi connectivity index (χ4v) is 4.67. The third-order valence-corrected chi connectivity index (χ3v) is 7.23. The number of hydrogen-bond acceptors (Lipinski definition) is 11. The van der Waals surface area contributed by atoms with Crippen LogP contribution >= 0.6 is 11.5 Å². The number of sulfone groups is 1. The van der Waals surface area contributed by atoms with Crippen LogP contribution in [0.15, 0.2) is 27.9 Å². The predicted octanol–water partition coefficient (Wildman–Crippen LogP) is 3.19. The lowest BCUT2D eigenvalue weighted by atomic mass is 9.92. The largest absolute Gasteiger partial charge is 0.460 e. The highest BCUT2D eigenvalue weighted by Gasteiger charge is 2.28. The highest BCUT2D eigenvalue weighted by atomic mass is 32.2. The Balaban J connectivity index is 1.33. The van der Waals surface area contributed by atoms with Gasteiger partial charge in [0.25, 0.3) is 0 Å². The quantitative estimate of drug-likeness (QED) is 0.500. The van der Waals surface area contributed by atoms with Crippen LogP contribution in [0.25, 0.3) is 10.6 Å². The third-order valence-electron chi connectivity index (χ3n) is 5.48. The molecular formula is C20H26N6O4S2. The second-order valence-electron chi connectivity index (χ2n) is 8.28. The maximum Gasteiger partial charge on any atom is 0.329 e. The molecule has 1 aliphatic rings. The van der Waals surface area contributed by atoms with Crippen molar-refractivity contribution < 1.29 is 17.7 Å². The molecule has 0 radical (unpaired) electrons. The molecule has 32 heavy (non-hydrogen) atoms. The number of ether oxygens (including phenoxy) is 1. The summed E-state index contributed by atoms with van der Waals surface area (Å²) >= 11 is 1.20. The number of piperidine rings is 1. The van der Waals surface area contributed by atoms with Crippen LogP contribution in [0.5, 0.6) is 6.01 Å². The van der Waals surface area contributed by atoms with E-state index in [0.29, 0.717) is 28.5 Å². The number of pyridine rings is 1. The van der Waals surface area contributed by atoms with E-state index in [1.54, 1.807) is 6.07 Å². The molecule has 0 N–H and O–H groups in total. The van der Waals surface area contributed by atoms with Crippen molar-refractivity contribution in [2.45, 2.75) is 50.7 Å². The van der Waals surface area contributed by atoms with Gasteiger partial charge in [0.05, 0.1) is 0 Å². The standard InChI is InChI=1S/C20H26N6O4S2/c1-12(2)17-22-20(30-24-17)26-9-7-14(8-10-26)13(3)29-19-23-18(31-25-19)15-5-6-16(21-11-15)32(4,27)28/h5-6,11-14H,7-10H2,1-4H3. The van der Waals surface area contributed by atoms with E-state index in [1.165, 1.54) is 23.8 Å². The van der Waals surface area contributed by atoms with Crippen molar-refractivity contribution in [3.05, 3.63) is 24.2 Å². The van der Waals surface area contributed by atoms with Gasteiger partial charge in [0.15, 0.2) is 20.7 Å². The second kappa shape index (κ2) is 9.10. The first kappa shape index (κ1) is 22.6. The Kier molecular flexibility index (Phi) is 6.42. The van der Waals surface area contributed by atoms with Gasteiger partial charge in [0, 0.05) is 37.0 Å². The molecule has 0 aromatic carbocycles. The van der Waals surface area contributed by atoms with E-state index >= 15 is 0 Å². The summed E-state index contributed by atoms with van der Waals surface area (Å²) in [5.41, 5.74) is 0.700. The minimum absolute atomic E-state index is 0.0307. The van der Waals surface area contributed by atoms with E-state index in [2.05, 4.69) is 29.4 Å². The van der Waals surface area contributed by atoms with Gasteiger partial charge >= 0.3 is 12.0 Å². The van der Waals surface area contributed by atoms with E-state index in [1.807, 2.05) is 20.8 Å². The van der Waals surface area contributed by atoms with Gasteiger partial charge in [-0.25, -0.2) is 13.4 Å². The lowest BCUT2D eigenvalue weighted by molar-refractivity contribution is 0.122. The lowest BCUT2D eigenvalue weighted by Crippen LogP contribution is -2.39. The van der Waals surface area contributed by atoms with Crippen LogP contribution in [0.2, 0.25) is 0 Å². The average molecular weight is 479 g/mol. The SMILES string of the molecule is CC(C)c1noc(N2CCC(C(C)Oc3nsc(-c4ccc(S(C)(=O)=O)nc4)n3)CC2)n1. The van der Waals surface area contributed by atoms with Gasteiger partial charge < -0.3 is 14.2 Å². The summed E-state index contributed by atoms with van der Waals surface area (Å²) in [6.45, 7) is 7.77. The van der Waals surface area contributed by atoms with Gasteiger partial charge in [-0.2, -0.15) is 9.97 Å². The van der Waals surface area contributed by atoms with E-state index in [4.69, 9.17) is 9.26 Å². The van der Waals surface area contributed by atoms with Crippen LogP contribution in [0.3, 0.4) is 0 Å². The summed E-state index contributed by atoms with van der Waals surface area (Å²) in [5.74, 6) is 1.33. The van der Waals surface area contributed by atoms with Gasteiger partial charge in [0.1, 0.15) is 11.1 Å². The zero-order valence-electron chi connectivity index (χ0n) is 18.4. The summed E-state index contributed by atoms with van der Waals surface area (Å²) in [6.07, 6.45) is 4.45. The maximum absolute atomic E-state index is 11.6. The Morgan fingerprint density at radius 1 is 1.19 bits per heavy atom. The summed E-state index contributed by atoms with van der Waals surface area (Å²) < 4.78 is 38.8. The molecule has 1 fully saturated rings. The Hall–Kier alpha value is -2.60. The van der Waals surface area contributed by atoms with Gasteiger partial charge in [-0.05, 0) is 49.3 Å². The summed E-state index contributed by atoms with van der Waals surface area (Å²) in [7, 11) is -3.33. The summed E-state index contributed by atoms with van der Waals surface area (Å²) in [6, 6.07) is 4.05. The second-order valence-corrected chi connectivity index (χ2v) is 11.0. The molecule has 1 aliphatic heterocycles. The smallest absolute Gasteiger partial charge is 0.329 e. The molecule has 4 heterocycles. The van der Waals surface area contributed by atoms with Crippen LogP contribution in [-0.4, -0.2) is 58.3 Å². The first-order valence-corrected chi connectivity index (χ1v) is 13.1. The van der Waals surface area contributed by atoms with Crippen LogP contribution < -0.4 is 9.64 Å². The van der Waals surface area contributed by atoms with Crippen molar-refractivity contribution >= 4 is 27.4 Å². The molecule has 10 nitrogen and oxygen atoms in total. The van der Waals surface area contributed by atoms with Crippen LogP contribution in [-0.2, 0) is 9.84 Å². The molecule has 0 aliphatic carbocycles.